The van der Waals surface area contributed by atoms with E-state index in [2.05, 4.69) is 9.88 Å². The molecule has 1 fully saturated rings. The molecule has 3 aromatic rings. The molecule has 166 valence electrons. The van der Waals surface area contributed by atoms with Gasteiger partial charge in [0.15, 0.2) is 5.43 Å². The fourth-order valence-electron chi connectivity index (χ4n) is 4.45. The van der Waals surface area contributed by atoms with E-state index >= 15 is 0 Å². The Morgan fingerprint density at radius 3 is 2.62 bits per heavy atom. The number of rotatable bonds is 6. The Labute approximate surface area is 185 Å². The largest absolute Gasteiger partial charge is 0.494 e. The van der Waals surface area contributed by atoms with Crippen LogP contribution in [0.3, 0.4) is 0 Å². The molecule has 0 spiro atoms. The number of morpholine rings is 1. The van der Waals surface area contributed by atoms with Gasteiger partial charge in [0.05, 0.1) is 36.8 Å². The first-order chi connectivity index (χ1) is 15.7. The number of nitrogens with zero attached hydrogens (tertiary/aromatic N) is 3. The molecule has 4 heterocycles. The van der Waals surface area contributed by atoms with Crippen LogP contribution < -0.4 is 10.2 Å². The van der Waals surface area contributed by atoms with E-state index in [1.54, 1.807) is 35.5 Å². The summed E-state index contributed by atoms with van der Waals surface area (Å²) in [5, 5.41) is 0.439. The molecule has 0 radical (unpaired) electrons. The van der Waals surface area contributed by atoms with E-state index in [1.165, 1.54) is 0 Å². The fourth-order valence-corrected chi connectivity index (χ4v) is 4.45. The lowest BCUT2D eigenvalue weighted by Crippen LogP contribution is -2.42. The number of ether oxygens (including phenoxy) is 2. The molecule has 5 rings (SSSR count). The van der Waals surface area contributed by atoms with Gasteiger partial charge in [-0.15, -0.1) is 0 Å². The predicted molar refractivity (Wildman–Crippen MR) is 118 cm³/mol. The highest BCUT2D eigenvalue weighted by Crippen LogP contribution is 2.38. The van der Waals surface area contributed by atoms with Crippen LogP contribution in [0.25, 0.3) is 11.0 Å². The highest BCUT2D eigenvalue weighted by molar-refractivity contribution is 5.99. The molecule has 32 heavy (non-hydrogen) atoms. The van der Waals surface area contributed by atoms with Crippen LogP contribution in [0, 0.1) is 0 Å². The smallest absolute Gasteiger partial charge is 0.290 e. The van der Waals surface area contributed by atoms with E-state index in [1.807, 2.05) is 19.1 Å². The molecule has 8 heteroatoms. The van der Waals surface area contributed by atoms with Gasteiger partial charge in [0, 0.05) is 44.6 Å². The Balaban J connectivity index is 1.58. The normalized spacial score (nSPS) is 18.8. The van der Waals surface area contributed by atoms with Crippen LogP contribution in [0.1, 0.15) is 34.6 Å². The summed E-state index contributed by atoms with van der Waals surface area (Å²) in [7, 11) is 0. The molecule has 2 aliphatic rings. The average molecular weight is 435 g/mol. The van der Waals surface area contributed by atoms with Crippen molar-refractivity contribution >= 4 is 16.9 Å². The number of hydrogen-bond acceptors (Lipinski definition) is 7. The predicted octanol–water partition coefficient (Wildman–Crippen LogP) is 2.46. The Kier molecular flexibility index (Phi) is 5.63. The molecule has 2 aromatic heterocycles. The summed E-state index contributed by atoms with van der Waals surface area (Å²) in [5.74, 6) is 0.444. The van der Waals surface area contributed by atoms with Gasteiger partial charge in [0.25, 0.3) is 5.91 Å². The Bertz CT molecular complexity index is 1190. The molecule has 1 aromatic carbocycles. The van der Waals surface area contributed by atoms with Crippen LogP contribution in [0.5, 0.6) is 5.75 Å². The monoisotopic (exact) mass is 435 g/mol. The van der Waals surface area contributed by atoms with Crippen LogP contribution in [-0.4, -0.2) is 66.7 Å². The van der Waals surface area contributed by atoms with Gasteiger partial charge in [-0.3, -0.25) is 19.5 Å². The van der Waals surface area contributed by atoms with Gasteiger partial charge in [-0.05, 0) is 36.8 Å². The van der Waals surface area contributed by atoms with Crippen LogP contribution >= 0.6 is 0 Å². The maximum absolute atomic E-state index is 13.5. The molecule has 2 aliphatic heterocycles. The molecule has 1 atom stereocenters. The van der Waals surface area contributed by atoms with Crippen LogP contribution in [0.4, 0.5) is 0 Å². The molecule has 0 bridgehead atoms. The van der Waals surface area contributed by atoms with Gasteiger partial charge < -0.3 is 18.8 Å². The maximum Gasteiger partial charge on any atom is 0.290 e. The molecular weight excluding hydrogens is 410 g/mol. The number of amides is 1. The number of hydrogen-bond donors (Lipinski definition) is 0. The molecule has 1 amide bonds. The van der Waals surface area contributed by atoms with Crippen molar-refractivity contribution in [1.82, 2.24) is 14.8 Å². The lowest BCUT2D eigenvalue weighted by Gasteiger charge is -2.31. The Hall–Kier alpha value is -3.23. The first-order valence-electron chi connectivity index (χ1n) is 10.9. The van der Waals surface area contributed by atoms with E-state index in [9.17, 15) is 9.59 Å². The first kappa shape index (κ1) is 20.7. The summed E-state index contributed by atoms with van der Waals surface area (Å²) in [4.78, 5) is 35.1. The molecule has 1 saturated heterocycles. The molecular formula is C24H25N3O5. The van der Waals surface area contributed by atoms with E-state index in [-0.39, 0.29) is 17.1 Å². The van der Waals surface area contributed by atoms with Crippen molar-refractivity contribution in [1.29, 1.82) is 0 Å². The van der Waals surface area contributed by atoms with Crippen molar-refractivity contribution in [3.8, 4) is 5.75 Å². The van der Waals surface area contributed by atoms with Gasteiger partial charge in [-0.25, -0.2) is 0 Å². The molecule has 1 unspecified atom stereocenters. The minimum atomic E-state index is -0.506. The van der Waals surface area contributed by atoms with Gasteiger partial charge in [-0.1, -0.05) is 0 Å². The second-order valence-corrected chi connectivity index (χ2v) is 7.90. The van der Waals surface area contributed by atoms with Crippen molar-refractivity contribution in [2.45, 2.75) is 13.0 Å². The van der Waals surface area contributed by atoms with Crippen LogP contribution in [0.2, 0.25) is 0 Å². The topological polar surface area (TPSA) is 85.1 Å². The standard InChI is InChI=1S/C24H25N3O5/c1-2-31-17-3-4-18-19(15-17)32-23-20(22(18)28)21(16-5-7-25-8-6-16)27(24(23)29)10-9-26-11-13-30-14-12-26/h3-8,15,21H,2,9-14H2,1H3. The molecule has 8 nitrogen and oxygen atoms in total. The Morgan fingerprint density at radius 1 is 1.09 bits per heavy atom. The summed E-state index contributed by atoms with van der Waals surface area (Å²) in [6, 6.07) is 8.31. The first-order valence-corrected chi connectivity index (χ1v) is 10.9. The summed E-state index contributed by atoms with van der Waals surface area (Å²) in [5.41, 5.74) is 1.40. The minimum Gasteiger partial charge on any atom is -0.494 e. The van der Waals surface area contributed by atoms with Crippen molar-refractivity contribution < 1.29 is 18.7 Å². The molecule has 0 saturated carbocycles. The third kappa shape index (κ3) is 3.65. The lowest BCUT2D eigenvalue weighted by atomic mass is 9.99. The number of benzene rings is 1. The number of fused-ring (bicyclic) bond motifs is 2. The summed E-state index contributed by atoms with van der Waals surface area (Å²) in [6.07, 6.45) is 3.35. The summed E-state index contributed by atoms with van der Waals surface area (Å²) < 4.78 is 17.0. The third-order valence-electron chi connectivity index (χ3n) is 6.03. The zero-order valence-electron chi connectivity index (χ0n) is 18.0. The van der Waals surface area contributed by atoms with Crippen LogP contribution in [0.15, 0.2) is 51.9 Å². The van der Waals surface area contributed by atoms with E-state index in [0.717, 1.165) is 18.7 Å². The van der Waals surface area contributed by atoms with Crippen LogP contribution in [-0.2, 0) is 4.74 Å². The van der Waals surface area contributed by atoms with Crippen molar-refractivity contribution in [2.75, 3.05) is 46.0 Å². The second-order valence-electron chi connectivity index (χ2n) is 7.90. The van der Waals surface area contributed by atoms with E-state index in [0.29, 0.717) is 55.2 Å². The summed E-state index contributed by atoms with van der Waals surface area (Å²) in [6.45, 7) is 6.61. The minimum absolute atomic E-state index is 0.111. The second kappa shape index (κ2) is 8.72. The van der Waals surface area contributed by atoms with Gasteiger partial charge in [0.1, 0.15) is 11.3 Å². The SMILES string of the molecule is CCOc1ccc2c(=O)c3c(oc2c1)C(=O)N(CCN1CCOCC1)C3c1ccncc1. The van der Waals surface area contributed by atoms with Crippen molar-refractivity contribution in [2.24, 2.45) is 0 Å². The quantitative estimate of drug-likeness (QED) is 0.588. The Morgan fingerprint density at radius 2 is 1.88 bits per heavy atom. The zero-order valence-corrected chi connectivity index (χ0v) is 18.0. The highest BCUT2D eigenvalue weighted by Gasteiger charge is 2.42. The van der Waals surface area contributed by atoms with Gasteiger partial charge in [-0.2, -0.15) is 0 Å². The van der Waals surface area contributed by atoms with Gasteiger partial charge in [0.2, 0.25) is 5.76 Å². The fraction of sp³-hybridized carbons (Fsp3) is 0.375. The average Bonchev–Trinajstić information content (AvgIpc) is 3.11. The number of aromatic nitrogens is 1. The van der Waals surface area contributed by atoms with E-state index < -0.39 is 6.04 Å². The van der Waals surface area contributed by atoms with E-state index in [4.69, 9.17) is 13.9 Å². The zero-order chi connectivity index (χ0) is 22.1. The van der Waals surface area contributed by atoms with Gasteiger partial charge >= 0.3 is 0 Å². The van der Waals surface area contributed by atoms with Crippen molar-refractivity contribution in [3.63, 3.8) is 0 Å². The number of pyridine rings is 1. The highest BCUT2D eigenvalue weighted by atomic mass is 16.5. The third-order valence-corrected chi connectivity index (χ3v) is 6.03. The lowest BCUT2D eigenvalue weighted by molar-refractivity contribution is 0.0314. The molecule has 0 N–H and O–H groups in total. The molecule has 0 aliphatic carbocycles. The number of carbonyl (C=O) groups excluding carboxylic acids is 1. The maximum atomic E-state index is 13.5. The van der Waals surface area contributed by atoms with Crippen molar-refractivity contribution in [3.05, 3.63) is 69.8 Å². The number of carbonyl (C=O) groups is 1. The summed E-state index contributed by atoms with van der Waals surface area (Å²) >= 11 is 0.